The molecule has 0 saturated carbocycles. The lowest BCUT2D eigenvalue weighted by molar-refractivity contribution is 0.414. The molecule has 0 fully saturated rings. The third-order valence-electron chi connectivity index (χ3n) is 3.54. The molecule has 0 aliphatic rings. The van der Waals surface area contributed by atoms with Crippen molar-refractivity contribution in [3.8, 4) is 5.75 Å². The predicted molar refractivity (Wildman–Crippen MR) is 93.7 cm³/mol. The van der Waals surface area contributed by atoms with Crippen molar-refractivity contribution < 1.29 is 4.74 Å². The molecule has 118 valence electrons. The van der Waals surface area contributed by atoms with Gasteiger partial charge in [0.15, 0.2) is 5.82 Å². The summed E-state index contributed by atoms with van der Waals surface area (Å²) in [5, 5.41) is 5.71. The number of para-hydroxylation sites is 1. The Bertz CT molecular complexity index is 819. The molecule has 5 heteroatoms. The number of rotatable bonds is 5. The Morgan fingerprint density at radius 3 is 2.57 bits per heavy atom. The van der Waals surface area contributed by atoms with Gasteiger partial charge in [-0.15, -0.1) is 0 Å². The smallest absolute Gasteiger partial charge is 0.183 e. The van der Waals surface area contributed by atoms with Crippen LogP contribution in [0.2, 0.25) is 0 Å². The summed E-state index contributed by atoms with van der Waals surface area (Å²) in [6.07, 6.45) is 1.77. The highest BCUT2D eigenvalue weighted by Crippen LogP contribution is 2.25. The summed E-state index contributed by atoms with van der Waals surface area (Å²) in [6.45, 7) is 0.696. The molecule has 0 atom stereocenters. The van der Waals surface area contributed by atoms with Gasteiger partial charge in [0, 0.05) is 19.5 Å². The van der Waals surface area contributed by atoms with Crippen LogP contribution in [-0.4, -0.2) is 42.2 Å². The van der Waals surface area contributed by atoms with E-state index in [1.165, 1.54) is 5.56 Å². The fourth-order valence-electron chi connectivity index (χ4n) is 2.40. The minimum absolute atomic E-state index is 0.696. The summed E-state index contributed by atoms with van der Waals surface area (Å²) in [7, 11) is 5.56. The molecule has 3 aromatic rings. The monoisotopic (exact) mass is 308 g/mol. The lowest BCUT2D eigenvalue weighted by atomic mass is 10.2. The summed E-state index contributed by atoms with van der Waals surface area (Å²) in [6, 6.07) is 16.2. The lowest BCUT2D eigenvalue weighted by Gasteiger charge is -2.05. The van der Waals surface area contributed by atoms with E-state index < -0.39 is 0 Å². The average Bonchev–Trinajstić information content (AvgIpc) is 2.92. The Morgan fingerprint density at radius 1 is 1.13 bits per heavy atom. The van der Waals surface area contributed by atoms with Gasteiger partial charge >= 0.3 is 0 Å². The van der Waals surface area contributed by atoms with Gasteiger partial charge in [0.25, 0.3) is 0 Å². The van der Waals surface area contributed by atoms with E-state index in [4.69, 9.17) is 4.74 Å². The third kappa shape index (κ3) is 3.34. The number of fused-ring (bicyclic) bond motifs is 1. The summed E-state index contributed by atoms with van der Waals surface area (Å²) in [4.78, 5) is 6.37. The summed E-state index contributed by atoms with van der Waals surface area (Å²) in [5.74, 6) is 1.60. The molecule has 0 aliphatic heterocycles. The largest absolute Gasteiger partial charge is 0.497 e. The van der Waals surface area contributed by atoms with Crippen molar-refractivity contribution in [2.45, 2.75) is 6.54 Å². The van der Waals surface area contributed by atoms with Crippen molar-refractivity contribution in [3.05, 3.63) is 54.1 Å². The zero-order valence-corrected chi connectivity index (χ0v) is 13.6. The van der Waals surface area contributed by atoms with Gasteiger partial charge < -0.3 is 9.64 Å². The minimum atomic E-state index is 0.696. The van der Waals surface area contributed by atoms with Crippen LogP contribution in [0.1, 0.15) is 5.56 Å². The maximum absolute atomic E-state index is 5.20. The van der Waals surface area contributed by atoms with Crippen LogP contribution in [0.4, 0.5) is 5.82 Å². The van der Waals surface area contributed by atoms with Gasteiger partial charge in [-0.25, -0.2) is 4.99 Å². The van der Waals surface area contributed by atoms with Crippen LogP contribution in [0, 0.1) is 0 Å². The standard InChI is InChI=1S/C18H20N4O/c1-21(2)13-19-18-16-6-4-5-7-17(16)22(20-18)12-14-8-10-15(23-3)11-9-14/h4-11,13H,12H2,1-3H3/b19-13-. The lowest BCUT2D eigenvalue weighted by Crippen LogP contribution is -2.07. The van der Waals surface area contributed by atoms with Crippen molar-refractivity contribution in [1.29, 1.82) is 0 Å². The fraction of sp³-hybridized carbons (Fsp3) is 0.222. The molecule has 0 bridgehead atoms. The zero-order valence-electron chi connectivity index (χ0n) is 13.6. The maximum atomic E-state index is 5.20. The highest BCUT2D eigenvalue weighted by molar-refractivity contribution is 5.90. The molecule has 3 rings (SSSR count). The Hall–Kier alpha value is -2.82. The second-order valence-electron chi connectivity index (χ2n) is 5.55. The first-order valence-electron chi connectivity index (χ1n) is 7.46. The van der Waals surface area contributed by atoms with Gasteiger partial charge in [0.1, 0.15) is 5.75 Å². The molecule has 23 heavy (non-hydrogen) atoms. The average molecular weight is 308 g/mol. The number of benzene rings is 2. The van der Waals surface area contributed by atoms with Crippen LogP contribution in [0.25, 0.3) is 10.9 Å². The second kappa shape index (κ2) is 6.52. The van der Waals surface area contributed by atoms with Crippen LogP contribution < -0.4 is 4.74 Å². The molecule has 0 aliphatic carbocycles. The maximum Gasteiger partial charge on any atom is 0.183 e. The number of nitrogens with zero attached hydrogens (tertiary/aromatic N) is 4. The Balaban J connectivity index is 1.96. The molecule has 5 nitrogen and oxygen atoms in total. The van der Waals surface area contributed by atoms with Gasteiger partial charge in [0.2, 0.25) is 0 Å². The van der Waals surface area contributed by atoms with E-state index in [0.717, 1.165) is 22.5 Å². The molecule has 0 unspecified atom stereocenters. The fourth-order valence-corrected chi connectivity index (χ4v) is 2.40. The summed E-state index contributed by atoms with van der Waals surface area (Å²) in [5.41, 5.74) is 2.25. The van der Waals surface area contributed by atoms with E-state index in [1.54, 1.807) is 13.4 Å². The quantitative estimate of drug-likeness (QED) is 0.536. The van der Waals surface area contributed by atoms with E-state index in [1.807, 2.05) is 47.9 Å². The van der Waals surface area contributed by atoms with Gasteiger partial charge in [-0.3, -0.25) is 4.68 Å². The topological polar surface area (TPSA) is 42.6 Å². The second-order valence-corrected chi connectivity index (χ2v) is 5.55. The summed E-state index contributed by atoms with van der Waals surface area (Å²) >= 11 is 0. The minimum Gasteiger partial charge on any atom is -0.497 e. The van der Waals surface area contributed by atoms with E-state index in [2.05, 4.69) is 34.4 Å². The predicted octanol–water partition coefficient (Wildman–Crippen LogP) is 3.31. The number of methoxy groups -OCH3 is 1. The van der Waals surface area contributed by atoms with E-state index in [0.29, 0.717) is 6.54 Å². The molecule has 0 saturated heterocycles. The Labute approximate surface area is 135 Å². The van der Waals surface area contributed by atoms with Crippen LogP contribution in [-0.2, 0) is 6.54 Å². The highest BCUT2D eigenvalue weighted by Gasteiger charge is 2.09. The van der Waals surface area contributed by atoms with E-state index in [-0.39, 0.29) is 0 Å². The normalized spacial score (nSPS) is 11.3. The van der Waals surface area contributed by atoms with E-state index >= 15 is 0 Å². The van der Waals surface area contributed by atoms with Crippen molar-refractivity contribution in [3.63, 3.8) is 0 Å². The number of ether oxygens (including phenoxy) is 1. The SMILES string of the molecule is COc1ccc(Cn2nc(/N=C\N(C)C)c3ccccc32)cc1. The molecular formula is C18H20N4O. The molecule has 0 N–H and O–H groups in total. The number of aromatic nitrogens is 2. The van der Waals surface area contributed by atoms with Crippen LogP contribution in [0.3, 0.4) is 0 Å². The number of hydrogen-bond donors (Lipinski definition) is 0. The zero-order chi connectivity index (χ0) is 16.2. The van der Waals surface area contributed by atoms with Crippen LogP contribution in [0.15, 0.2) is 53.5 Å². The van der Waals surface area contributed by atoms with Gasteiger partial charge in [-0.05, 0) is 29.8 Å². The first-order chi connectivity index (χ1) is 11.2. The number of hydrogen-bond acceptors (Lipinski definition) is 3. The Morgan fingerprint density at radius 2 is 1.87 bits per heavy atom. The first-order valence-corrected chi connectivity index (χ1v) is 7.46. The van der Waals surface area contributed by atoms with Crippen LogP contribution in [0.5, 0.6) is 5.75 Å². The summed E-state index contributed by atoms with van der Waals surface area (Å²) < 4.78 is 7.19. The van der Waals surface area contributed by atoms with Crippen LogP contribution >= 0.6 is 0 Å². The third-order valence-corrected chi connectivity index (χ3v) is 3.54. The van der Waals surface area contributed by atoms with Gasteiger partial charge in [-0.2, -0.15) is 5.10 Å². The van der Waals surface area contributed by atoms with Crippen molar-refractivity contribution in [2.75, 3.05) is 21.2 Å². The molecule has 0 radical (unpaired) electrons. The van der Waals surface area contributed by atoms with E-state index in [9.17, 15) is 0 Å². The van der Waals surface area contributed by atoms with Crippen molar-refractivity contribution in [2.24, 2.45) is 4.99 Å². The molecular weight excluding hydrogens is 288 g/mol. The van der Waals surface area contributed by atoms with Crippen molar-refractivity contribution in [1.82, 2.24) is 14.7 Å². The Kier molecular flexibility index (Phi) is 4.28. The molecule has 0 spiro atoms. The van der Waals surface area contributed by atoms with Gasteiger partial charge in [-0.1, -0.05) is 24.3 Å². The molecule has 2 aromatic carbocycles. The molecule has 1 heterocycles. The number of aliphatic imine (C=N–C) groups is 1. The molecule has 1 aromatic heterocycles. The van der Waals surface area contributed by atoms with Gasteiger partial charge in [0.05, 0.1) is 25.5 Å². The van der Waals surface area contributed by atoms with Crippen molar-refractivity contribution >= 4 is 23.1 Å². The first kappa shape index (κ1) is 15.1. The molecule has 0 amide bonds. The highest BCUT2D eigenvalue weighted by atomic mass is 16.5.